The van der Waals surface area contributed by atoms with Gasteiger partial charge in [-0.15, -0.1) is 0 Å². The molecular weight excluding hydrogens is 745 g/mol. The van der Waals surface area contributed by atoms with Crippen LogP contribution < -0.4 is 0 Å². The Bertz CT molecular complexity index is 1190. The smallest absolute Gasteiger partial charge is 0.306 e. The van der Waals surface area contributed by atoms with Crippen molar-refractivity contribution in [3.8, 4) is 0 Å². The van der Waals surface area contributed by atoms with Crippen LogP contribution in [0.4, 0.5) is 0 Å². The van der Waals surface area contributed by atoms with E-state index in [1.54, 1.807) is 0 Å². The summed E-state index contributed by atoms with van der Waals surface area (Å²) in [4.78, 5) is 37.9. The van der Waals surface area contributed by atoms with Gasteiger partial charge in [0, 0.05) is 19.3 Å². The first-order valence-electron chi connectivity index (χ1n) is 24.6. The maximum absolute atomic E-state index is 12.8. The van der Waals surface area contributed by atoms with Crippen molar-refractivity contribution in [2.75, 3.05) is 13.2 Å². The molecule has 0 aromatic rings. The number of allylic oxidation sites excluding steroid dienone is 14. The van der Waals surface area contributed by atoms with Crippen molar-refractivity contribution < 1.29 is 28.6 Å². The van der Waals surface area contributed by atoms with Gasteiger partial charge in [0.05, 0.1) is 0 Å². The van der Waals surface area contributed by atoms with E-state index in [4.69, 9.17) is 14.2 Å². The predicted molar refractivity (Wildman–Crippen MR) is 256 cm³/mol. The number of unbranched alkanes of at least 4 members (excludes halogenated alkanes) is 21. The lowest BCUT2D eigenvalue weighted by atomic mass is 10.1. The van der Waals surface area contributed by atoms with Gasteiger partial charge in [-0.25, -0.2) is 0 Å². The zero-order valence-corrected chi connectivity index (χ0v) is 38.9. The first-order chi connectivity index (χ1) is 29.5. The molecule has 0 aliphatic heterocycles. The minimum Gasteiger partial charge on any atom is -0.462 e. The molecule has 6 heteroatoms. The molecule has 0 N–H and O–H groups in total. The molecule has 6 nitrogen and oxygen atoms in total. The number of hydrogen-bond acceptors (Lipinski definition) is 6. The molecule has 1 unspecified atom stereocenters. The Hall–Kier alpha value is -3.41. The summed E-state index contributed by atoms with van der Waals surface area (Å²) >= 11 is 0. The highest BCUT2D eigenvalue weighted by Gasteiger charge is 2.19. The van der Waals surface area contributed by atoms with Crippen LogP contribution in [0.25, 0.3) is 0 Å². The van der Waals surface area contributed by atoms with E-state index >= 15 is 0 Å². The Labute approximate surface area is 369 Å². The van der Waals surface area contributed by atoms with Gasteiger partial charge in [-0.1, -0.05) is 196 Å². The van der Waals surface area contributed by atoms with Gasteiger partial charge in [0.25, 0.3) is 0 Å². The van der Waals surface area contributed by atoms with Gasteiger partial charge in [-0.3, -0.25) is 14.4 Å². The van der Waals surface area contributed by atoms with Crippen molar-refractivity contribution in [3.63, 3.8) is 0 Å². The molecule has 0 aliphatic carbocycles. The topological polar surface area (TPSA) is 78.9 Å². The molecular formula is C54H90O6. The highest BCUT2D eigenvalue weighted by molar-refractivity contribution is 5.71. The third-order valence-corrected chi connectivity index (χ3v) is 10.2. The summed E-state index contributed by atoms with van der Waals surface area (Å²) in [5, 5.41) is 0. The van der Waals surface area contributed by atoms with Gasteiger partial charge in [0.15, 0.2) is 6.10 Å². The first-order valence-corrected chi connectivity index (χ1v) is 24.6. The van der Waals surface area contributed by atoms with Crippen LogP contribution in [0.5, 0.6) is 0 Å². The largest absolute Gasteiger partial charge is 0.462 e. The molecule has 0 saturated carbocycles. The lowest BCUT2D eigenvalue weighted by molar-refractivity contribution is -0.167. The highest BCUT2D eigenvalue weighted by atomic mass is 16.6. The number of hydrogen-bond donors (Lipinski definition) is 0. The van der Waals surface area contributed by atoms with E-state index in [1.165, 1.54) is 64.2 Å². The van der Waals surface area contributed by atoms with Crippen LogP contribution in [0.3, 0.4) is 0 Å². The van der Waals surface area contributed by atoms with E-state index in [1.807, 2.05) is 18.2 Å². The molecule has 0 bridgehead atoms. The maximum Gasteiger partial charge on any atom is 0.306 e. The van der Waals surface area contributed by atoms with Crippen molar-refractivity contribution in [2.24, 2.45) is 0 Å². The van der Waals surface area contributed by atoms with Crippen LogP contribution >= 0.6 is 0 Å². The van der Waals surface area contributed by atoms with Crippen molar-refractivity contribution in [1.82, 2.24) is 0 Å². The molecule has 0 aliphatic rings. The third-order valence-electron chi connectivity index (χ3n) is 10.2. The van der Waals surface area contributed by atoms with Gasteiger partial charge < -0.3 is 14.2 Å². The minimum absolute atomic E-state index is 0.0963. The highest BCUT2D eigenvalue weighted by Crippen LogP contribution is 2.14. The van der Waals surface area contributed by atoms with Gasteiger partial charge in [0.1, 0.15) is 13.2 Å². The Morgan fingerprint density at radius 3 is 1.23 bits per heavy atom. The van der Waals surface area contributed by atoms with Crippen LogP contribution in [-0.4, -0.2) is 37.2 Å². The number of carbonyl (C=O) groups excluding carboxylic acids is 3. The summed E-state index contributed by atoms with van der Waals surface area (Å²) in [6.45, 7) is 6.33. The van der Waals surface area contributed by atoms with E-state index in [0.29, 0.717) is 19.3 Å². The molecule has 0 aromatic carbocycles. The van der Waals surface area contributed by atoms with Crippen LogP contribution in [-0.2, 0) is 28.6 Å². The maximum atomic E-state index is 12.8. The molecule has 0 fully saturated rings. The van der Waals surface area contributed by atoms with E-state index in [2.05, 4.69) is 87.6 Å². The molecule has 0 aromatic heterocycles. The first kappa shape index (κ1) is 56.6. The second-order valence-corrected chi connectivity index (χ2v) is 16.0. The number of carbonyl (C=O) groups is 3. The van der Waals surface area contributed by atoms with Crippen molar-refractivity contribution >= 4 is 17.9 Å². The fraction of sp³-hybridized carbons (Fsp3) is 0.685. The average molecular weight is 835 g/mol. The Balaban J connectivity index is 4.47. The summed E-state index contributed by atoms with van der Waals surface area (Å²) in [6, 6.07) is 0. The SMILES string of the molecule is CC\C=C/C=C\C=C/C=C\CCCCCCCC(=O)OCC(COC(=O)CCCCC/C=C\CCCCCCCC)OC(=O)CCCCCCCCC/C=C\C/C=C\CC. The molecule has 1 atom stereocenters. The van der Waals surface area contributed by atoms with Gasteiger partial charge >= 0.3 is 17.9 Å². The fourth-order valence-corrected chi connectivity index (χ4v) is 6.54. The number of esters is 3. The van der Waals surface area contributed by atoms with Crippen molar-refractivity contribution in [1.29, 1.82) is 0 Å². The van der Waals surface area contributed by atoms with E-state index in [-0.39, 0.29) is 31.1 Å². The molecule has 0 radical (unpaired) electrons. The lowest BCUT2D eigenvalue weighted by Crippen LogP contribution is -2.30. The van der Waals surface area contributed by atoms with Crippen molar-refractivity contribution in [3.05, 3.63) is 85.1 Å². The standard InChI is InChI=1S/C54H90O6/c1-4-7-10-13-16-19-22-25-27-30-32-35-38-41-44-47-53(56)59-50-51(49-58-52(55)46-43-40-37-34-31-28-24-21-18-15-12-9-6-3)60-54(57)48-45-42-39-36-33-29-26-23-20-17-14-11-8-5-2/h7-8,10-11,13,16-17,19-20,22,25,27-28,31,51H,4-6,9,12,14-15,18,21,23-24,26,29-30,32-50H2,1-3H3/b10-7-,11-8-,16-13-,20-17-,22-19-,27-25-,31-28-. The van der Waals surface area contributed by atoms with Crippen LogP contribution in [0, 0.1) is 0 Å². The molecule has 0 spiro atoms. The zero-order chi connectivity index (χ0) is 43.7. The molecule has 0 saturated heterocycles. The zero-order valence-electron chi connectivity index (χ0n) is 38.9. The molecule has 342 valence electrons. The van der Waals surface area contributed by atoms with E-state index in [9.17, 15) is 14.4 Å². The molecule has 0 heterocycles. The molecule has 60 heavy (non-hydrogen) atoms. The van der Waals surface area contributed by atoms with E-state index < -0.39 is 6.10 Å². The summed E-state index contributed by atoms with van der Waals surface area (Å²) in [6.07, 6.45) is 61.3. The van der Waals surface area contributed by atoms with Gasteiger partial charge in [0.2, 0.25) is 0 Å². The summed E-state index contributed by atoms with van der Waals surface area (Å²) in [5.74, 6) is -0.946. The fourth-order valence-electron chi connectivity index (χ4n) is 6.54. The third kappa shape index (κ3) is 45.7. The quantitative estimate of drug-likeness (QED) is 0.0200. The predicted octanol–water partition coefficient (Wildman–Crippen LogP) is 16.0. The van der Waals surface area contributed by atoms with Crippen LogP contribution in [0.1, 0.15) is 220 Å². The van der Waals surface area contributed by atoms with Crippen molar-refractivity contribution in [2.45, 2.75) is 226 Å². The van der Waals surface area contributed by atoms with Gasteiger partial charge in [-0.05, 0) is 89.9 Å². The normalized spacial score (nSPS) is 12.8. The monoisotopic (exact) mass is 835 g/mol. The van der Waals surface area contributed by atoms with E-state index in [0.717, 1.165) is 116 Å². The van der Waals surface area contributed by atoms with Crippen LogP contribution in [0.15, 0.2) is 85.1 Å². The van der Waals surface area contributed by atoms with Crippen LogP contribution in [0.2, 0.25) is 0 Å². The molecule has 0 amide bonds. The second-order valence-electron chi connectivity index (χ2n) is 16.0. The lowest BCUT2D eigenvalue weighted by Gasteiger charge is -2.18. The minimum atomic E-state index is -0.796. The molecule has 0 rings (SSSR count). The Morgan fingerprint density at radius 1 is 0.367 bits per heavy atom. The second kappa shape index (κ2) is 48.3. The number of rotatable bonds is 43. The Morgan fingerprint density at radius 2 is 0.733 bits per heavy atom. The average Bonchev–Trinajstić information content (AvgIpc) is 3.24. The summed E-state index contributed by atoms with van der Waals surface area (Å²) < 4.78 is 16.7. The number of ether oxygens (including phenoxy) is 3. The van der Waals surface area contributed by atoms with Gasteiger partial charge in [-0.2, -0.15) is 0 Å². The summed E-state index contributed by atoms with van der Waals surface area (Å²) in [7, 11) is 0. The Kier molecular flexibility index (Phi) is 45.5. The summed E-state index contributed by atoms with van der Waals surface area (Å²) in [5.41, 5.74) is 0.